The largest absolute Gasteiger partial charge is 0.346 e. The van der Waals surface area contributed by atoms with Crippen LogP contribution in [0.1, 0.15) is 0 Å². The van der Waals surface area contributed by atoms with Crippen molar-refractivity contribution in [3.8, 4) is 11.3 Å². The van der Waals surface area contributed by atoms with E-state index in [0.29, 0.717) is 0 Å². The molecule has 0 saturated carbocycles. The van der Waals surface area contributed by atoms with Crippen molar-refractivity contribution in [3.05, 3.63) is 34.7 Å². The monoisotopic (exact) mass is 293 g/mol. The van der Waals surface area contributed by atoms with Crippen molar-refractivity contribution in [3.63, 3.8) is 0 Å². The van der Waals surface area contributed by atoms with E-state index in [9.17, 15) is 0 Å². The number of likely N-dealkylation sites (N-methyl/N-ethyl adjacent to an activating group) is 1. The lowest BCUT2D eigenvalue weighted by atomic mass is 10.2. The average molecular weight is 294 g/mol. The smallest absolute Gasteiger partial charge is 0.185 e. The van der Waals surface area contributed by atoms with E-state index in [4.69, 9.17) is 16.6 Å². The summed E-state index contributed by atoms with van der Waals surface area (Å²) in [6.07, 6.45) is 0. The highest BCUT2D eigenvalue weighted by Crippen LogP contribution is 2.29. The average Bonchev–Trinajstić information content (AvgIpc) is 2.89. The molecule has 3 nitrogen and oxygen atoms in total. The number of halogens is 1. The number of thiazole rings is 1. The van der Waals surface area contributed by atoms with E-state index in [1.54, 1.807) is 11.3 Å². The third kappa shape index (κ3) is 2.91. The molecule has 19 heavy (non-hydrogen) atoms. The van der Waals surface area contributed by atoms with E-state index in [-0.39, 0.29) is 0 Å². The molecule has 1 aliphatic heterocycles. The number of hydrogen-bond donors (Lipinski definition) is 0. The molecule has 1 fully saturated rings. The Labute approximate surface area is 122 Å². The van der Waals surface area contributed by atoms with Crippen LogP contribution in [0.4, 0.5) is 5.13 Å². The number of piperazine rings is 1. The first kappa shape index (κ1) is 12.9. The summed E-state index contributed by atoms with van der Waals surface area (Å²) in [5.41, 5.74) is 2.10. The molecule has 0 amide bonds. The standard InChI is InChI=1S/C14H16ClN3S/c1-17-5-7-18(8-6-17)14-16-13(10-19-14)11-3-2-4-12(15)9-11/h2-4,9-10H,5-8H2,1H3. The highest BCUT2D eigenvalue weighted by atomic mass is 35.5. The van der Waals surface area contributed by atoms with Crippen LogP contribution >= 0.6 is 22.9 Å². The fraction of sp³-hybridized carbons (Fsp3) is 0.357. The number of hydrogen-bond acceptors (Lipinski definition) is 4. The van der Waals surface area contributed by atoms with Crippen LogP contribution in [0.15, 0.2) is 29.6 Å². The molecule has 2 aromatic rings. The van der Waals surface area contributed by atoms with Gasteiger partial charge in [0.2, 0.25) is 0 Å². The van der Waals surface area contributed by atoms with E-state index in [1.165, 1.54) is 0 Å². The van der Waals surface area contributed by atoms with Crippen molar-refractivity contribution in [2.45, 2.75) is 0 Å². The Bertz CT molecular complexity index is 561. The van der Waals surface area contributed by atoms with E-state index in [1.807, 2.05) is 18.2 Å². The summed E-state index contributed by atoms with van der Waals surface area (Å²) in [7, 11) is 2.16. The van der Waals surface area contributed by atoms with Crippen molar-refractivity contribution in [1.82, 2.24) is 9.88 Å². The Kier molecular flexibility index (Phi) is 3.73. The molecule has 0 N–H and O–H groups in total. The van der Waals surface area contributed by atoms with Crippen molar-refractivity contribution in [2.24, 2.45) is 0 Å². The quantitative estimate of drug-likeness (QED) is 0.847. The van der Waals surface area contributed by atoms with Crippen molar-refractivity contribution in [1.29, 1.82) is 0 Å². The second-order valence-corrected chi connectivity index (χ2v) is 6.09. The summed E-state index contributed by atoms with van der Waals surface area (Å²) in [6.45, 7) is 4.32. The minimum Gasteiger partial charge on any atom is -0.346 e. The van der Waals surface area contributed by atoms with Crippen LogP contribution in [0.5, 0.6) is 0 Å². The van der Waals surface area contributed by atoms with Gasteiger partial charge in [-0.25, -0.2) is 4.98 Å². The zero-order chi connectivity index (χ0) is 13.2. The highest BCUT2D eigenvalue weighted by molar-refractivity contribution is 7.14. The molecular formula is C14H16ClN3S. The van der Waals surface area contributed by atoms with E-state index in [2.05, 4.69) is 28.3 Å². The molecule has 3 rings (SSSR count). The third-order valence-electron chi connectivity index (χ3n) is 3.39. The zero-order valence-corrected chi connectivity index (χ0v) is 12.4. The summed E-state index contributed by atoms with van der Waals surface area (Å²) in [6, 6.07) is 7.87. The lowest BCUT2D eigenvalue weighted by Gasteiger charge is -2.32. The summed E-state index contributed by atoms with van der Waals surface area (Å²) >= 11 is 7.74. The maximum absolute atomic E-state index is 6.03. The van der Waals surface area contributed by atoms with Crippen LogP contribution in [0.3, 0.4) is 0 Å². The number of aromatic nitrogens is 1. The first-order valence-corrected chi connectivity index (χ1v) is 7.63. The van der Waals surface area contributed by atoms with Crippen LogP contribution < -0.4 is 4.90 Å². The Hall–Kier alpha value is -1.10. The summed E-state index contributed by atoms with van der Waals surface area (Å²) in [4.78, 5) is 9.45. The molecule has 0 unspecified atom stereocenters. The molecule has 1 aromatic heterocycles. The number of nitrogens with zero attached hydrogens (tertiary/aromatic N) is 3. The van der Waals surface area contributed by atoms with Gasteiger partial charge in [-0.2, -0.15) is 0 Å². The molecule has 0 spiro atoms. The zero-order valence-electron chi connectivity index (χ0n) is 10.8. The lowest BCUT2D eigenvalue weighted by molar-refractivity contribution is 0.313. The van der Waals surface area contributed by atoms with Crippen LogP contribution in [-0.2, 0) is 0 Å². The Morgan fingerprint density at radius 1 is 1.21 bits per heavy atom. The van der Waals surface area contributed by atoms with Gasteiger partial charge in [0.1, 0.15) is 0 Å². The first-order valence-electron chi connectivity index (χ1n) is 6.37. The van der Waals surface area contributed by atoms with Gasteiger partial charge in [0.25, 0.3) is 0 Å². The fourth-order valence-electron chi connectivity index (χ4n) is 2.19. The fourth-order valence-corrected chi connectivity index (χ4v) is 3.27. The maximum Gasteiger partial charge on any atom is 0.185 e. The van der Waals surface area contributed by atoms with Crippen LogP contribution in [0.2, 0.25) is 5.02 Å². The minimum absolute atomic E-state index is 0.756. The van der Waals surface area contributed by atoms with Crippen molar-refractivity contribution < 1.29 is 0 Å². The molecule has 0 aliphatic carbocycles. The van der Waals surface area contributed by atoms with Crippen LogP contribution in [0, 0.1) is 0 Å². The predicted octanol–water partition coefficient (Wildman–Crippen LogP) is 3.22. The Morgan fingerprint density at radius 2 is 2.00 bits per heavy atom. The molecule has 0 radical (unpaired) electrons. The minimum atomic E-state index is 0.756. The van der Waals surface area contributed by atoms with Gasteiger partial charge in [0, 0.05) is 42.1 Å². The van der Waals surface area contributed by atoms with Gasteiger partial charge in [-0.05, 0) is 19.2 Å². The molecule has 2 heterocycles. The maximum atomic E-state index is 6.03. The molecule has 1 aliphatic rings. The summed E-state index contributed by atoms with van der Waals surface area (Å²) < 4.78 is 0. The first-order chi connectivity index (χ1) is 9.22. The van der Waals surface area contributed by atoms with Gasteiger partial charge < -0.3 is 9.80 Å². The van der Waals surface area contributed by atoms with Crippen LogP contribution in [-0.4, -0.2) is 43.1 Å². The number of benzene rings is 1. The summed E-state index contributed by atoms with van der Waals surface area (Å²) in [5.74, 6) is 0. The molecule has 0 atom stereocenters. The molecule has 100 valence electrons. The summed E-state index contributed by atoms with van der Waals surface area (Å²) in [5, 5.41) is 3.98. The predicted molar refractivity (Wildman–Crippen MR) is 82.3 cm³/mol. The normalized spacial score (nSPS) is 16.8. The SMILES string of the molecule is CN1CCN(c2nc(-c3cccc(Cl)c3)cs2)CC1. The second-order valence-electron chi connectivity index (χ2n) is 4.82. The van der Waals surface area contributed by atoms with Gasteiger partial charge in [-0.15, -0.1) is 11.3 Å². The van der Waals surface area contributed by atoms with Crippen molar-refractivity contribution >= 4 is 28.1 Å². The third-order valence-corrected chi connectivity index (χ3v) is 4.52. The van der Waals surface area contributed by atoms with Gasteiger partial charge >= 0.3 is 0 Å². The van der Waals surface area contributed by atoms with Gasteiger partial charge in [-0.3, -0.25) is 0 Å². The molecule has 1 saturated heterocycles. The van der Waals surface area contributed by atoms with E-state index in [0.717, 1.165) is 47.6 Å². The van der Waals surface area contributed by atoms with Crippen LogP contribution in [0.25, 0.3) is 11.3 Å². The number of rotatable bonds is 2. The topological polar surface area (TPSA) is 19.4 Å². The lowest BCUT2D eigenvalue weighted by Crippen LogP contribution is -2.44. The highest BCUT2D eigenvalue weighted by Gasteiger charge is 2.17. The Morgan fingerprint density at radius 3 is 2.74 bits per heavy atom. The Balaban J connectivity index is 1.80. The van der Waals surface area contributed by atoms with Gasteiger partial charge in [0.15, 0.2) is 5.13 Å². The van der Waals surface area contributed by atoms with E-state index < -0.39 is 0 Å². The molecule has 5 heteroatoms. The van der Waals surface area contributed by atoms with E-state index >= 15 is 0 Å². The number of anilines is 1. The van der Waals surface area contributed by atoms with Gasteiger partial charge in [0.05, 0.1) is 5.69 Å². The van der Waals surface area contributed by atoms with Gasteiger partial charge in [-0.1, -0.05) is 23.7 Å². The molecular weight excluding hydrogens is 278 g/mol. The van der Waals surface area contributed by atoms with Crippen molar-refractivity contribution in [2.75, 3.05) is 38.1 Å². The second kappa shape index (κ2) is 5.49. The molecule has 0 bridgehead atoms. The molecule has 1 aromatic carbocycles.